The molecule has 0 aromatic heterocycles. The van der Waals surface area contributed by atoms with Crippen molar-refractivity contribution in [3.05, 3.63) is 69.2 Å². The average molecular weight is 484 g/mol. The molecule has 2 aromatic carbocycles. The van der Waals surface area contributed by atoms with E-state index in [4.69, 9.17) is 4.74 Å². The van der Waals surface area contributed by atoms with E-state index < -0.39 is 17.7 Å². The van der Waals surface area contributed by atoms with Crippen molar-refractivity contribution >= 4 is 33.4 Å². The molecule has 5 nitrogen and oxygen atoms in total. The summed E-state index contributed by atoms with van der Waals surface area (Å²) in [7, 11) is 1.56. The van der Waals surface area contributed by atoms with Gasteiger partial charge in [0, 0.05) is 11.6 Å². The summed E-state index contributed by atoms with van der Waals surface area (Å²) < 4.78 is 5.93. The van der Waals surface area contributed by atoms with Crippen molar-refractivity contribution in [2.45, 2.75) is 51.1 Å². The van der Waals surface area contributed by atoms with Crippen LogP contribution >= 0.6 is 15.9 Å². The zero-order valence-electron chi connectivity index (χ0n) is 17.7. The minimum absolute atomic E-state index is 0.00335. The van der Waals surface area contributed by atoms with E-state index in [0.29, 0.717) is 15.8 Å². The Morgan fingerprint density at radius 3 is 2.48 bits per heavy atom. The Labute approximate surface area is 190 Å². The molecule has 0 bridgehead atoms. The quantitative estimate of drug-likeness (QED) is 0.353. The third-order valence-corrected chi connectivity index (χ3v) is 6.85. The lowest BCUT2D eigenvalue weighted by Gasteiger charge is -2.35. The fourth-order valence-corrected chi connectivity index (χ4v) is 5.26. The first kappa shape index (κ1) is 21.6. The number of hydrogen-bond donors (Lipinski definition) is 1. The molecular formula is C25H26BrNO4. The standard InChI is InChI=1S/C25H26BrNO4/c1-15-7-6-8-16(13-15)22-21(23(28)17-11-12-20(31-2)19(26)14-17)24(29)25(30)27(22)18-9-4-3-5-10-18/h6-8,11-14,18,22,28H,3-5,9-10H2,1-2H3/b23-21-. The Kier molecular flexibility index (Phi) is 6.19. The van der Waals surface area contributed by atoms with Gasteiger partial charge in [-0.1, -0.05) is 49.1 Å². The summed E-state index contributed by atoms with van der Waals surface area (Å²) >= 11 is 3.43. The number of amides is 1. The fraction of sp³-hybridized carbons (Fsp3) is 0.360. The highest BCUT2D eigenvalue weighted by Gasteiger charge is 2.48. The number of rotatable bonds is 4. The number of aliphatic hydroxyl groups excluding tert-OH is 1. The number of aliphatic hydroxyl groups is 1. The summed E-state index contributed by atoms with van der Waals surface area (Å²) in [6.45, 7) is 1.98. The Morgan fingerprint density at radius 2 is 1.84 bits per heavy atom. The predicted octanol–water partition coefficient (Wildman–Crippen LogP) is 5.52. The van der Waals surface area contributed by atoms with E-state index in [-0.39, 0.29) is 17.4 Å². The van der Waals surface area contributed by atoms with E-state index in [1.54, 1.807) is 30.2 Å². The molecule has 6 heteroatoms. The van der Waals surface area contributed by atoms with E-state index >= 15 is 0 Å². The van der Waals surface area contributed by atoms with Gasteiger partial charge >= 0.3 is 0 Å². The monoisotopic (exact) mass is 483 g/mol. The van der Waals surface area contributed by atoms with Gasteiger partial charge in [-0.15, -0.1) is 0 Å². The van der Waals surface area contributed by atoms with Gasteiger partial charge in [-0.25, -0.2) is 0 Å². The summed E-state index contributed by atoms with van der Waals surface area (Å²) in [6, 6.07) is 12.4. The van der Waals surface area contributed by atoms with Crippen LogP contribution in [0.1, 0.15) is 54.8 Å². The molecular weight excluding hydrogens is 458 g/mol. The molecule has 0 radical (unpaired) electrons. The van der Waals surface area contributed by atoms with Crippen LogP contribution in [0.5, 0.6) is 5.75 Å². The number of ketones is 1. The predicted molar refractivity (Wildman–Crippen MR) is 123 cm³/mol. The van der Waals surface area contributed by atoms with Gasteiger partial charge in [0.05, 0.1) is 23.2 Å². The van der Waals surface area contributed by atoms with Gasteiger partial charge in [-0.2, -0.15) is 0 Å². The van der Waals surface area contributed by atoms with Crippen LogP contribution < -0.4 is 4.74 Å². The Hall–Kier alpha value is -2.60. The smallest absolute Gasteiger partial charge is 0.295 e. The summed E-state index contributed by atoms with van der Waals surface area (Å²) in [5.74, 6) is -0.685. The van der Waals surface area contributed by atoms with Crippen molar-refractivity contribution in [1.29, 1.82) is 0 Å². The number of ether oxygens (including phenoxy) is 1. The second-order valence-electron chi connectivity index (χ2n) is 8.26. The molecule has 162 valence electrons. The molecule has 1 heterocycles. The van der Waals surface area contributed by atoms with Crippen molar-refractivity contribution in [3.8, 4) is 5.75 Å². The largest absolute Gasteiger partial charge is 0.507 e. The summed E-state index contributed by atoms with van der Waals surface area (Å²) in [4.78, 5) is 28.1. The lowest BCUT2D eigenvalue weighted by molar-refractivity contribution is -0.141. The molecule has 4 rings (SSSR count). The van der Waals surface area contributed by atoms with Crippen LogP contribution in [-0.4, -0.2) is 34.8 Å². The molecule has 1 aliphatic heterocycles. The normalized spacial score (nSPS) is 21.5. The highest BCUT2D eigenvalue weighted by Crippen LogP contribution is 2.43. The molecule has 1 saturated heterocycles. The first-order chi connectivity index (χ1) is 14.9. The average Bonchev–Trinajstić information content (AvgIpc) is 3.04. The molecule has 1 saturated carbocycles. The second-order valence-corrected chi connectivity index (χ2v) is 9.12. The first-order valence-corrected chi connectivity index (χ1v) is 11.4. The van der Waals surface area contributed by atoms with E-state index in [1.165, 1.54) is 0 Å². The van der Waals surface area contributed by atoms with Crippen molar-refractivity contribution in [2.75, 3.05) is 7.11 Å². The van der Waals surface area contributed by atoms with Crippen LogP contribution in [0.25, 0.3) is 5.76 Å². The van der Waals surface area contributed by atoms with Gasteiger partial charge in [0.25, 0.3) is 11.7 Å². The summed E-state index contributed by atoms with van der Waals surface area (Å²) in [5.41, 5.74) is 2.50. The van der Waals surface area contributed by atoms with Gasteiger partial charge in [0.15, 0.2) is 0 Å². The Bertz CT molecular complexity index is 1060. The van der Waals surface area contributed by atoms with Crippen LogP contribution in [0.2, 0.25) is 0 Å². The second kappa shape index (κ2) is 8.87. The first-order valence-electron chi connectivity index (χ1n) is 10.6. The molecule has 2 fully saturated rings. The number of carbonyl (C=O) groups is 2. The lowest BCUT2D eigenvalue weighted by Crippen LogP contribution is -2.40. The van der Waals surface area contributed by atoms with Crippen LogP contribution in [0.3, 0.4) is 0 Å². The van der Waals surface area contributed by atoms with E-state index in [0.717, 1.165) is 43.2 Å². The number of methoxy groups -OCH3 is 1. The molecule has 1 amide bonds. The van der Waals surface area contributed by atoms with Crippen molar-refractivity contribution in [3.63, 3.8) is 0 Å². The van der Waals surface area contributed by atoms with Gasteiger partial charge in [-0.05, 0) is 59.5 Å². The van der Waals surface area contributed by atoms with E-state index in [2.05, 4.69) is 15.9 Å². The SMILES string of the molecule is COc1ccc(/C(O)=C2/C(=O)C(=O)N(C3CCCCC3)C2c2cccc(C)c2)cc1Br. The zero-order chi connectivity index (χ0) is 22.1. The van der Waals surface area contributed by atoms with Crippen molar-refractivity contribution in [2.24, 2.45) is 0 Å². The zero-order valence-corrected chi connectivity index (χ0v) is 19.3. The number of likely N-dealkylation sites (tertiary alicyclic amines) is 1. The third-order valence-electron chi connectivity index (χ3n) is 6.23. The molecule has 2 aliphatic rings. The maximum Gasteiger partial charge on any atom is 0.295 e. The van der Waals surface area contributed by atoms with Gasteiger partial charge in [0.1, 0.15) is 11.5 Å². The summed E-state index contributed by atoms with van der Waals surface area (Å²) in [6.07, 6.45) is 4.99. The number of carbonyl (C=O) groups excluding carboxylic acids is 2. The molecule has 1 atom stereocenters. The Morgan fingerprint density at radius 1 is 1.10 bits per heavy atom. The van der Waals surface area contributed by atoms with Crippen molar-refractivity contribution < 1.29 is 19.4 Å². The number of halogens is 1. The Balaban J connectivity index is 1.88. The maximum atomic E-state index is 13.2. The minimum Gasteiger partial charge on any atom is -0.507 e. The van der Waals surface area contributed by atoms with Crippen LogP contribution in [0, 0.1) is 6.92 Å². The fourth-order valence-electron chi connectivity index (χ4n) is 4.72. The number of nitrogens with zero attached hydrogens (tertiary/aromatic N) is 1. The van der Waals surface area contributed by atoms with Crippen LogP contribution in [0.15, 0.2) is 52.5 Å². The number of aryl methyl sites for hydroxylation is 1. The van der Waals surface area contributed by atoms with Crippen LogP contribution in [0.4, 0.5) is 0 Å². The maximum absolute atomic E-state index is 13.2. The molecule has 0 spiro atoms. The topological polar surface area (TPSA) is 66.8 Å². The van der Waals surface area contributed by atoms with Crippen molar-refractivity contribution in [1.82, 2.24) is 4.90 Å². The lowest BCUT2D eigenvalue weighted by atomic mass is 9.90. The van der Waals surface area contributed by atoms with Gasteiger partial charge in [-0.3, -0.25) is 9.59 Å². The highest BCUT2D eigenvalue weighted by atomic mass is 79.9. The third kappa shape index (κ3) is 4.01. The van der Waals surface area contributed by atoms with Crippen LogP contribution in [-0.2, 0) is 9.59 Å². The molecule has 31 heavy (non-hydrogen) atoms. The molecule has 2 aromatic rings. The highest BCUT2D eigenvalue weighted by molar-refractivity contribution is 9.10. The van der Waals surface area contributed by atoms with E-state index in [1.807, 2.05) is 31.2 Å². The molecule has 1 aliphatic carbocycles. The van der Waals surface area contributed by atoms with E-state index in [9.17, 15) is 14.7 Å². The van der Waals surface area contributed by atoms with Gasteiger partial charge in [0.2, 0.25) is 0 Å². The summed E-state index contributed by atoms with van der Waals surface area (Å²) in [5, 5.41) is 11.2. The number of hydrogen-bond acceptors (Lipinski definition) is 4. The minimum atomic E-state index is -0.624. The molecule has 1 N–H and O–H groups in total. The number of Topliss-reactive ketones (excluding diaryl/α,β-unsaturated/α-hetero) is 1. The number of benzene rings is 2. The molecule has 1 unspecified atom stereocenters. The van der Waals surface area contributed by atoms with Gasteiger partial charge < -0.3 is 14.7 Å².